The molecule has 0 unspecified atom stereocenters. The summed E-state index contributed by atoms with van der Waals surface area (Å²) in [6.45, 7) is 7.92. The van der Waals surface area contributed by atoms with Crippen molar-refractivity contribution < 1.29 is 27.4 Å². The second kappa shape index (κ2) is 9.65. The molecule has 0 spiro atoms. The van der Waals surface area contributed by atoms with Crippen LogP contribution < -0.4 is 10.1 Å². The van der Waals surface area contributed by atoms with E-state index in [0.717, 1.165) is 40.3 Å². The molecule has 190 valence electrons. The maximum Gasteiger partial charge on any atom is 0.416 e. The van der Waals surface area contributed by atoms with Gasteiger partial charge in [0.25, 0.3) is 0 Å². The van der Waals surface area contributed by atoms with E-state index in [2.05, 4.69) is 11.4 Å². The molecular weight excluding hydrogens is 487 g/mol. The maximum atomic E-state index is 13.6. The van der Waals surface area contributed by atoms with Crippen molar-refractivity contribution in [1.29, 1.82) is 0 Å². The number of ether oxygens (including phenoxy) is 2. The van der Waals surface area contributed by atoms with E-state index in [1.165, 1.54) is 24.5 Å². The van der Waals surface area contributed by atoms with Crippen LogP contribution in [0.5, 0.6) is 5.75 Å². The molecule has 4 nitrogen and oxygen atoms in total. The van der Waals surface area contributed by atoms with Gasteiger partial charge in [0.15, 0.2) is 0 Å². The fourth-order valence-corrected chi connectivity index (χ4v) is 5.42. The van der Waals surface area contributed by atoms with Crippen LogP contribution in [0.4, 0.5) is 18.9 Å². The van der Waals surface area contributed by atoms with E-state index >= 15 is 0 Å². The molecule has 0 fully saturated rings. The van der Waals surface area contributed by atoms with Gasteiger partial charge in [-0.25, -0.2) is 4.79 Å². The Morgan fingerprint density at radius 2 is 1.83 bits per heavy atom. The number of aryl methyl sites for hydroxylation is 1. The number of alkyl halides is 3. The highest BCUT2D eigenvalue weighted by Crippen LogP contribution is 2.44. The van der Waals surface area contributed by atoms with Gasteiger partial charge in [-0.2, -0.15) is 13.2 Å². The van der Waals surface area contributed by atoms with Crippen LogP contribution in [-0.4, -0.2) is 18.6 Å². The molecule has 0 bridgehead atoms. The third-order valence-corrected chi connectivity index (χ3v) is 7.33. The summed E-state index contributed by atoms with van der Waals surface area (Å²) < 4.78 is 51.9. The van der Waals surface area contributed by atoms with Crippen molar-refractivity contribution in [3.8, 4) is 16.9 Å². The quantitative estimate of drug-likeness (QED) is 0.338. The van der Waals surface area contributed by atoms with E-state index in [1.54, 1.807) is 12.1 Å². The lowest BCUT2D eigenvalue weighted by Crippen LogP contribution is -2.32. The van der Waals surface area contributed by atoms with Gasteiger partial charge in [0, 0.05) is 27.3 Å². The van der Waals surface area contributed by atoms with E-state index in [1.807, 2.05) is 39.8 Å². The molecule has 0 saturated carbocycles. The number of halogens is 3. The Balaban J connectivity index is 1.85. The van der Waals surface area contributed by atoms with E-state index in [9.17, 15) is 18.0 Å². The van der Waals surface area contributed by atoms with Crippen LogP contribution in [0.15, 0.2) is 48.5 Å². The number of benzene rings is 2. The summed E-state index contributed by atoms with van der Waals surface area (Å²) in [7, 11) is 1.42. The van der Waals surface area contributed by atoms with Crippen molar-refractivity contribution in [2.45, 2.75) is 52.4 Å². The van der Waals surface area contributed by atoms with Crippen LogP contribution in [0.1, 0.15) is 58.9 Å². The minimum atomic E-state index is -4.51. The van der Waals surface area contributed by atoms with Gasteiger partial charge in [0.1, 0.15) is 17.2 Å². The number of hydrogen-bond acceptors (Lipinski definition) is 5. The van der Waals surface area contributed by atoms with Crippen LogP contribution in [-0.2, 0) is 23.9 Å². The fourth-order valence-electron chi connectivity index (χ4n) is 4.58. The molecule has 36 heavy (non-hydrogen) atoms. The highest BCUT2D eigenvalue weighted by atomic mass is 32.1. The molecule has 8 heteroatoms. The van der Waals surface area contributed by atoms with Gasteiger partial charge in [-0.3, -0.25) is 0 Å². The molecule has 1 aliphatic heterocycles. The summed E-state index contributed by atoms with van der Waals surface area (Å²) in [6.07, 6.45) is -1.64. The van der Waals surface area contributed by atoms with Crippen molar-refractivity contribution in [3.63, 3.8) is 0 Å². The zero-order chi connectivity index (χ0) is 26.3. The third kappa shape index (κ3) is 5.14. The predicted molar refractivity (Wildman–Crippen MR) is 138 cm³/mol. The van der Waals surface area contributed by atoms with Crippen LogP contribution in [0, 0.1) is 0 Å². The number of nitrogens with one attached hydrogen (secondary N) is 1. The van der Waals surface area contributed by atoms with Crippen molar-refractivity contribution in [2.24, 2.45) is 0 Å². The number of anilines is 1. The zero-order valence-electron chi connectivity index (χ0n) is 20.8. The number of fused-ring (bicyclic) bond motifs is 1. The number of rotatable bonds is 6. The van der Waals surface area contributed by atoms with E-state index in [4.69, 9.17) is 9.47 Å². The van der Waals surface area contributed by atoms with Gasteiger partial charge >= 0.3 is 12.1 Å². The van der Waals surface area contributed by atoms with Crippen molar-refractivity contribution in [2.75, 3.05) is 12.4 Å². The average Bonchev–Trinajstić information content (AvgIpc) is 3.30. The lowest BCUT2D eigenvalue weighted by molar-refractivity contribution is -0.137. The van der Waals surface area contributed by atoms with Gasteiger partial charge < -0.3 is 14.8 Å². The number of thiophene rings is 1. The second-order valence-electron chi connectivity index (χ2n) is 9.30. The zero-order valence-corrected chi connectivity index (χ0v) is 21.6. The van der Waals surface area contributed by atoms with Crippen molar-refractivity contribution in [3.05, 3.63) is 75.0 Å². The maximum absolute atomic E-state index is 13.6. The average molecular weight is 516 g/mol. The molecule has 1 N–H and O–H groups in total. The highest BCUT2D eigenvalue weighted by Gasteiger charge is 2.32. The molecule has 0 atom stereocenters. The topological polar surface area (TPSA) is 47.6 Å². The summed E-state index contributed by atoms with van der Waals surface area (Å²) in [5.41, 5.74) is 2.89. The van der Waals surface area contributed by atoms with Crippen molar-refractivity contribution in [1.82, 2.24) is 0 Å². The van der Waals surface area contributed by atoms with Crippen molar-refractivity contribution >= 4 is 28.6 Å². The van der Waals surface area contributed by atoms with Gasteiger partial charge in [-0.15, -0.1) is 11.3 Å². The van der Waals surface area contributed by atoms with Crippen LogP contribution >= 0.6 is 11.3 Å². The van der Waals surface area contributed by atoms with Crippen LogP contribution in [0.3, 0.4) is 0 Å². The van der Waals surface area contributed by atoms with Gasteiger partial charge in [-0.1, -0.05) is 19.1 Å². The fraction of sp³-hybridized carbons (Fsp3) is 0.321. The molecule has 2 heterocycles. The largest absolute Gasteiger partial charge is 0.496 e. The second-order valence-corrected chi connectivity index (χ2v) is 10.5. The first-order valence-corrected chi connectivity index (χ1v) is 12.4. The lowest BCUT2D eigenvalue weighted by atomic mass is 9.85. The Bertz CT molecular complexity index is 1340. The summed E-state index contributed by atoms with van der Waals surface area (Å²) in [6, 6.07) is 10.6. The minimum absolute atomic E-state index is 0.108. The van der Waals surface area contributed by atoms with E-state index in [0.29, 0.717) is 21.8 Å². The molecule has 0 saturated heterocycles. The Labute approximate surface area is 212 Å². The summed E-state index contributed by atoms with van der Waals surface area (Å²) in [4.78, 5) is 14.4. The molecule has 0 aliphatic carbocycles. The van der Waals surface area contributed by atoms with E-state index < -0.39 is 17.7 Å². The number of esters is 1. The summed E-state index contributed by atoms with van der Waals surface area (Å²) >= 11 is 1.37. The molecule has 0 radical (unpaired) electrons. The molecule has 4 rings (SSSR count). The molecule has 1 aromatic heterocycles. The summed E-state index contributed by atoms with van der Waals surface area (Å²) in [5, 5.41) is 3.45. The Morgan fingerprint density at radius 3 is 2.47 bits per heavy atom. The van der Waals surface area contributed by atoms with Gasteiger partial charge in [0.2, 0.25) is 0 Å². The smallest absolute Gasteiger partial charge is 0.416 e. The lowest BCUT2D eigenvalue weighted by Gasteiger charge is -2.33. The molecular formula is C28H28F3NO3S. The minimum Gasteiger partial charge on any atom is -0.496 e. The Kier molecular flexibility index (Phi) is 6.92. The Morgan fingerprint density at radius 1 is 1.08 bits per heavy atom. The summed E-state index contributed by atoms with van der Waals surface area (Å²) in [5.74, 6) is -0.169. The number of allylic oxidation sites excluding steroid dienone is 1. The number of hydrogen-bond donors (Lipinski definition) is 1. The number of methoxy groups -OCH3 is 1. The standard InChI is InChI=1S/C28H28F3NO3S/c1-6-18-8-12-24(36-18)26(33)35-15-21-19(9-10-22-25(21)16(2)14-27(3,4)32-22)20-13-17(28(29,30)31)7-11-23(20)34-5/h7-14,32H,6,15H2,1-5H3. The molecule has 3 aromatic rings. The van der Waals surface area contributed by atoms with E-state index in [-0.39, 0.29) is 17.7 Å². The predicted octanol–water partition coefficient (Wildman–Crippen LogP) is 7.97. The first kappa shape index (κ1) is 25.8. The molecule has 0 amide bonds. The number of carbonyl (C=O) groups excluding carboxylic acids is 1. The highest BCUT2D eigenvalue weighted by molar-refractivity contribution is 7.13. The monoisotopic (exact) mass is 515 g/mol. The first-order chi connectivity index (χ1) is 16.9. The Hall–Kier alpha value is -3.26. The van der Waals surface area contributed by atoms with Gasteiger partial charge in [-0.05, 0) is 74.7 Å². The number of carbonyl (C=O) groups is 1. The normalized spacial score (nSPS) is 14.5. The molecule has 1 aliphatic rings. The SMILES string of the molecule is CCc1ccc(C(=O)OCc2c(-c3cc(C(F)(F)F)ccc3OC)ccc3c2C(C)=CC(C)(C)N3)s1. The molecule has 2 aromatic carbocycles. The third-order valence-electron chi connectivity index (χ3n) is 6.12. The first-order valence-electron chi connectivity index (χ1n) is 11.6. The van der Waals surface area contributed by atoms with Crippen LogP contribution in [0.25, 0.3) is 16.7 Å². The van der Waals surface area contributed by atoms with Gasteiger partial charge in [0.05, 0.1) is 18.2 Å². The van der Waals surface area contributed by atoms with Crippen LogP contribution in [0.2, 0.25) is 0 Å².